The molecule has 0 radical (unpaired) electrons. The van der Waals surface area contributed by atoms with E-state index in [2.05, 4.69) is 31.2 Å². The average molecular weight is 342 g/mol. The summed E-state index contributed by atoms with van der Waals surface area (Å²) in [6.07, 6.45) is 0. The summed E-state index contributed by atoms with van der Waals surface area (Å²) in [5, 5.41) is 3.82. The monoisotopic (exact) mass is 341 g/mol. The van der Waals surface area contributed by atoms with E-state index in [9.17, 15) is 4.79 Å². The predicted molar refractivity (Wildman–Crippen MR) is 86.4 cm³/mol. The Morgan fingerprint density at radius 3 is 2.71 bits per heavy atom. The highest BCUT2D eigenvalue weighted by Crippen LogP contribution is 2.23. The lowest BCUT2D eigenvalue weighted by Gasteiger charge is -2.09. The molecule has 2 heterocycles. The van der Waals surface area contributed by atoms with Gasteiger partial charge < -0.3 is 5.32 Å². The van der Waals surface area contributed by atoms with E-state index >= 15 is 0 Å². The van der Waals surface area contributed by atoms with Crippen LogP contribution < -0.4 is 5.32 Å². The lowest BCUT2D eigenvalue weighted by Crippen LogP contribution is -2.14. The Morgan fingerprint density at radius 1 is 1.10 bits per heavy atom. The van der Waals surface area contributed by atoms with Crippen molar-refractivity contribution in [1.82, 2.24) is 9.97 Å². The molecule has 3 aromatic rings. The molecule has 1 aromatic carbocycles. The first-order valence-corrected chi connectivity index (χ1v) is 7.23. The second-order valence-corrected chi connectivity index (χ2v) is 5.44. The number of nitrogens with one attached hydrogen (secondary N) is 1. The molecule has 5 heteroatoms. The van der Waals surface area contributed by atoms with Crippen LogP contribution in [0.25, 0.3) is 10.9 Å². The number of halogens is 1. The minimum absolute atomic E-state index is 0.243. The van der Waals surface area contributed by atoms with E-state index in [1.54, 1.807) is 18.2 Å². The highest BCUT2D eigenvalue weighted by molar-refractivity contribution is 9.10. The van der Waals surface area contributed by atoms with Gasteiger partial charge in [0.15, 0.2) is 0 Å². The molecule has 0 aliphatic carbocycles. The number of hydrogen-bond donors (Lipinski definition) is 1. The molecule has 2 aromatic heterocycles. The Kier molecular flexibility index (Phi) is 3.66. The molecule has 0 saturated heterocycles. The van der Waals surface area contributed by atoms with Gasteiger partial charge in [-0.15, -0.1) is 0 Å². The highest BCUT2D eigenvalue weighted by atomic mass is 79.9. The standard InChI is InChI=1S/C16H12BrN3O/c1-10-9-14(11-5-2-3-6-12(11)18-10)20-16(21)13-7-4-8-15(17)19-13/h2-9H,1H3,(H,18,20,21). The van der Waals surface area contributed by atoms with Gasteiger partial charge in [0, 0.05) is 11.1 Å². The molecule has 0 aliphatic heterocycles. The van der Waals surface area contributed by atoms with Gasteiger partial charge in [0.05, 0.1) is 11.2 Å². The Morgan fingerprint density at radius 2 is 1.90 bits per heavy atom. The zero-order valence-corrected chi connectivity index (χ0v) is 12.9. The number of carbonyl (C=O) groups excluding carboxylic acids is 1. The quantitative estimate of drug-likeness (QED) is 0.718. The van der Waals surface area contributed by atoms with Crippen LogP contribution in [0.15, 0.2) is 53.1 Å². The minimum Gasteiger partial charge on any atom is -0.320 e. The summed E-state index contributed by atoms with van der Waals surface area (Å²) in [7, 11) is 0. The minimum atomic E-state index is -0.243. The van der Waals surface area contributed by atoms with Crippen LogP contribution in [0.5, 0.6) is 0 Å². The zero-order chi connectivity index (χ0) is 14.8. The number of pyridine rings is 2. The second kappa shape index (κ2) is 5.61. The van der Waals surface area contributed by atoms with Gasteiger partial charge in [-0.2, -0.15) is 0 Å². The van der Waals surface area contributed by atoms with Gasteiger partial charge in [-0.1, -0.05) is 24.3 Å². The number of amides is 1. The normalized spacial score (nSPS) is 10.6. The van der Waals surface area contributed by atoms with Crippen molar-refractivity contribution < 1.29 is 4.79 Å². The first-order chi connectivity index (χ1) is 10.1. The summed E-state index contributed by atoms with van der Waals surface area (Å²) in [6, 6.07) is 14.8. The van der Waals surface area contributed by atoms with Crippen LogP contribution in [-0.4, -0.2) is 15.9 Å². The third kappa shape index (κ3) is 2.92. The largest absolute Gasteiger partial charge is 0.320 e. The third-order valence-corrected chi connectivity index (χ3v) is 3.48. The van der Waals surface area contributed by atoms with E-state index in [1.807, 2.05) is 37.3 Å². The summed E-state index contributed by atoms with van der Waals surface area (Å²) in [4.78, 5) is 20.9. The van der Waals surface area contributed by atoms with Gasteiger partial charge in [-0.3, -0.25) is 9.78 Å². The van der Waals surface area contributed by atoms with Crippen LogP contribution in [0, 0.1) is 6.92 Å². The molecule has 0 bridgehead atoms. The molecule has 104 valence electrons. The van der Waals surface area contributed by atoms with Crippen LogP contribution in [0.4, 0.5) is 5.69 Å². The van der Waals surface area contributed by atoms with Gasteiger partial charge >= 0.3 is 0 Å². The molecule has 0 atom stereocenters. The summed E-state index contributed by atoms with van der Waals surface area (Å²) in [5.74, 6) is -0.243. The number of anilines is 1. The molecular weight excluding hydrogens is 330 g/mol. The van der Waals surface area contributed by atoms with Crippen molar-refractivity contribution in [2.45, 2.75) is 6.92 Å². The summed E-state index contributed by atoms with van der Waals surface area (Å²) in [5.41, 5.74) is 2.81. The van der Waals surface area contributed by atoms with Crippen molar-refractivity contribution in [3.63, 3.8) is 0 Å². The second-order valence-electron chi connectivity index (χ2n) is 4.63. The van der Waals surface area contributed by atoms with Crippen LogP contribution in [0.3, 0.4) is 0 Å². The van der Waals surface area contributed by atoms with Crippen LogP contribution in [-0.2, 0) is 0 Å². The van der Waals surface area contributed by atoms with Gasteiger partial charge in [-0.05, 0) is 47.1 Å². The number of benzene rings is 1. The molecule has 0 saturated carbocycles. The maximum absolute atomic E-state index is 12.3. The molecule has 0 spiro atoms. The van der Waals surface area contributed by atoms with Crippen LogP contribution in [0.1, 0.15) is 16.2 Å². The molecule has 4 nitrogen and oxygen atoms in total. The summed E-state index contributed by atoms with van der Waals surface area (Å²) in [6.45, 7) is 1.90. The van der Waals surface area contributed by atoms with Crippen LogP contribution >= 0.6 is 15.9 Å². The Labute approximate surface area is 130 Å². The maximum Gasteiger partial charge on any atom is 0.274 e. The van der Waals surface area contributed by atoms with Crippen LogP contribution in [0.2, 0.25) is 0 Å². The number of aromatic nitrogens is 2. The van der Waals surface area contributed by atoms with Crippen molar-refractivity contribution >= 4 is 38.4 Å². The first kappa shape index (κ1) is 13.7. The van der Waals surface area contributed by atoms with E-state index in [0.29, 0.717) is 10.3 Å². The number of aryl methyl sites for hydroxylation is 1. The molecule has 0 fully saturated rings. The molecule has 0 aliphatic rings. The molecule has 21 heavy (non-hydrogen) atoms. The van der Waals surface area contributed by atoms with E-state index in [1.165, 1.54) is 0 Å². The molecule has 3 rings (SSSR count). The summed E-state index contributed by atoms with van der Waals surface area (Å²) < 4.78 is 0.630. The molecule has 1 N–H and O–H groups in total. The summed E-state index contributed by atoms with van der Waals surface area (Å²) >= 11 is 3.27. The number of para-hydroxylation sites is 1. The van der Waals surface area contributed by atoms with Crippen molar-refractivity contribution in [1.29, 1.82) is 0 Å². The Hall–Kier alpha value is -2.27. The fourth-order valence-electron chi connectivity index (χ4n) is 2.13. The number of hydrogen-bond acceptors (Lipinski definition) is 3. The van der Waals surface area contributed by atoms with E-state index < -0.39 is 0 Å². The van der Waals surface area contributed by atoms with Gasteiger partial charge in [0.1, 0.15) is 10.3 Å². The van der Waals surface area contributed by atoms with E-state index in [-0.39, 0.29) is 5.91 Å². The number of carbonyl (C=O) groups is 1. The molecule has 1 amide bonds. The smallest absolute Gasteiger partial charge is 0.274 e. The zero-order valence-electron chi connectivity index (χ0n) is 11.3. The number of rotatable bonds is 2. The predicted octanol–water partition coefficient (Wildman–Crippen LogP) is 3.95. The maximum atomic E-state index is 12.3. The van der Waals surface area contributed by atoms with Crippen molar-refractivity contribution in [3.05, 3.63) is 64.5 Å². The third-order valence-electron chi connectivity index (χ3n) is 3.04. The lowest BCUT2D eigenvalue weighted by molar-refractivity contribution is 0.102. The van der Waals surface area contributed by atoms with Gasteiger partial charge in [0.25, 0.3) is 5.91 Å². The van der Waals surface area contributed by atoms with Gasteiger partial charge in [-0.25, -0.2) is 4.98 Å². The average Bonchev–Trinajstić information content (AvgIpc) is 2.47. The van der Waals surface area contributed by atoms with E-state index in [4.69, 9.17) is 0 Å². The van der Waals surface area contributed by atoms with Crippen molar-refractivity contribution in [2.24, 2.45) is 0 Å². The number of nitrogens with zero attached hydrogens (tertiary/aromatic N) is 2. The number of fused-ring (bicyclic) bond motifs is 1. The van der Waals surface area contributed by atoms with Crippen molar-refractivity contribution in [3.8, 4) is 0 Å². The molecular formula is C16H12BrN3O. The van der Waals surface area contributed by atoms with Gasteiger partial charge in [0.2, 0.25) is 0 Å². The Bertz CT molecular complexity index is 833. The lowest BCUT2D eigenvalue weighted by atomic mass is 10.1. The highest BCUT2D eigenvalue weighted by Gasteiger charge is 2.11. The van der Waals surface area contributed by atoms with Crippen molar-refractivity contribution in [2.75, 3.05) is 5.32 Å². The SMILES string of the molecule is Cc1cc(NC(=O)c2cccc(Br)n2)c2ccccc2n1. The molecule has 0 unspecified atom stereocenters. The first-order valence-electron chi connectivity index (χ1n) is 6.44. The fourth-order valence-corrected chi connectivity index (χ4v) is 2.48. The topological polar surface area (TPSA) is 54.9 Å². The van der Waals surface area contributed by atoms with E-state index in [0.717, 1.165) is 22.3 Å². The Balaban J connectivity index is 2.00. The fraction of sp³-hybridized carbons (Fsp3) is 0.0625.